The number of hydrogen-bond acceptors (Lipinski definition) is 5. The highest BCUT2D eigenvalue weighted by molar-refractivity contribution is 5.91. The summed E-state index contributed by atoms with van der Waals surface area (Å²) in [6.07, 6.45) is 6.54. The Bertz CT molecular complexity index is 877. The van der Waals surface area contributed by atoms with Crippen LogP contribution in [0.15, 0.2) is 36.7 Å². The second-order valence-electron chi connectivity index (χ2n) is 7.50. The number of amides is 1. The minimum atomic E-state index is -1.06. The standard InChI is InChI=1S/C21H24N4O3/c26-20(17-6-5-15-3-1-2-4-16(15)17)24-13-14-7-11-25(12-8-14)19-18(21(27)28)22-9-10-23-19/h1-4,9-10,14,17H,5-8,11-13H2,(H,24,26)(H,27,28). The summed E-state index contributed by atoms with van der Waals surface area (Å²) in [7, 11) is 0. The normalized spacial score (nSPS) is 19.3. The highest BCUT2D eigenvalue weighted by atomic mass is 16.4. The summed E-state index contributed by atoms with van der Waals surface area (Å²) in [5, 5.41) is 12.4. The molecule has 0 bridgehead atoms. The Balaban J connectivity index is 1.30. The third-order valence-electron chi connectivity index (χ3n) is 5.81. The van der Waals surface area contributed by atoms with Gasteiger partial charge in [0.1, 0.15) is 0 Å². The summed E-state index contributed by atoms with van der Waals surface area (Å²) in [5.74, 6) is -0.153. The topological polar surface area (TPSA) is 95.4 Å². The molecule has 1 unspecified atom stereocenters. The van der Waals surface area contributed by atoms with Crippen molar-refractivity contribution < 1.29 is 14.7 Å². The number of rotatable bonds is 5. The SMILES string of the molecule is O=C(O)c1nccnc1N1CCC(CNC(=O)C2CCc3ccccc32)CC1. The maximum atomic E-state index is 12.7. The quantitative estimate of drug-likeness (QED) is 0.826. The van der Waals surface area contributed by atoms with Gasteiger partial charge in [-0.25, -0.2) is 14.8 Å². The maximum absolute atomic E-state index is 12.7. The number of carbonyl (C=O) groups excluding carboxylic acids is 1. The van der Waals surface area contributed by atoms with Crippen molar-refractivity contribution in [2.75, 3.05) is 24.5 Å². The van der Waals surface area contributed by atoms with E-state index in [1.807, 2.05) is 17.0 Å². The van der Waals surface area contributed by atoms with Gasteiger partial charge < -0.3 is 15.3 Å². The second-order valence-corrected chi connectivity index (χ2v) is 7.50. The van der Waals surface area contributed by atoms with Gasteiger partial charge in [0.15, 0.2) is 11.5 Å². The first-order valence-electron chi connectivity index (χ1n) is 9.78. The van der Waals surface area contributed by atoms with E-state index in [0.29, 0.717) is 31.4 Å². The van der Waals surface area contributed by atoms with Crippen LogP contribution in [0.2, 0.25) is 0 Å². The van der Waals surface area contributed by atoms with Crippen LogP contribution in [0.5, 0.6) is 0 Å². The van der Waals surface area contributed by atoms with E-state index in [-0.39, 0.29) is 17.5 Å². The van der Waals surface area contributed by atoms with E-state index in [2.05, 4.69) is 27.4 Å². The molecular weight excluding hydrogens is 356 g/mol. The lowest BCUT2D eigenvalue weighted by Crippen LogP contribution is -2.40. The Morgan fingerprint density at radius 2 is 1.86 bits per heavy atom. The number of aryl methyl sites for hydroxylation is 1. The van der Waals surface area contributed by atoms with Gasteiger partial charge in [-0.2, -0.15) is 0 Å². The van der Waals surface area contributed by atoms with Crippen molar-refractivity contribution in [3.63, 3.8) is 0 Å². The molecule has 0 saturated carbocycles. The average molecular weight is 380 g/mol. The van der Waals surface area contributed by atoms with Gasteiger partial charge in [0.05, 0.1) is 5.92 Å². The molecule has 2 N–H and O–H groups in total. The second kappa shape index (κ2) is 7.96. The van der Waals surface area contributed by atoms with E-state index < -0.39 is 5.97 Å². The average Bonchev–Trinajstić information content (AvgIpc) is 3.17. The van der Waals surface area contributed by atoms with Gasteiger partial charge in [0.2, 0.25) is 5.91 Å². The van der Waals surface area contributed by atoms with Crippen LogP contribution in [-0.4, -0.2) is 46.6 Å². The molecule has 1 fully saturated rings. The molecule has 1 aliphatic carbocycles. The lowest BCUT2D eigenvalue weighted by atomic mass is 9.95. The monoisotopic (exact) mass is 380 g/mol. The Morgan fingerprint density at radius 3 is 2.64 bits per heavy atom. The first-order chi connectivity index (χ1) is 13.6. The molecule has 7 nitrogen and oxygen atoms in total. The first-order valence-corrected chi connectivity index (χ1v) is 9.78. The number of fused-ring (bicyclic) bond motifs is 1. The molecule has 1 aromatic heterocycles. The molecule has 2 heterocycles. The summed E-state index contributed by atoms with van der Waals surface area (Å²) in [6, 6.07) is 8.19. The molecule has 1 atom stereocenters. The number of anilines is 1. The molecule has 1 amide bonds. The fourth-order valence-electron chi connectivity index (χ4n) is 4.26. The van der Waals surface area contributed by atoms with Crippen molar-refractivity contribution in [3.05, 3.63) is 53.5 Å². The van der Waals surface area contributed by atoms with Crippen molar-refractivity contribution in [1.29, 1.82) is 0 Å². The molecule has 1 aromatic carbocycles. The van der Waals surface area contributed by atoms with Crippen molar-refractivity contribution in [2.45, 2.75) is 31.6 Å². The van der Waals surface area contributed by atoms with E-state index in [4.69, 9.17) is 0 Å². The van der Waals surface area contributed by atoms with Gasteiger partial charge in [-0.15, -0.1) is 0 Å². The molecule has 4 rings (SSSR count). The Labute approximate surface area is 163 Å². The molecule has 2 aromatic rings. The largest absolute Gasteiger partial charge is 0.476 e. The van der Waals surface area contributed by atoms with Gasteiger partial charge >= 0.3 is 5.97 Å². The minimum Gasteiger partial charge on any atom is -0.476 e. The van der Waals surface area contributed by atoms with Crippen LogP contribution in [0.1, 0.15) is 46.8 Å². The lowest BCUT2D eigenvalue weighted by Gasteiger charge is -2.33. The summed E-state index contributed by atoms with van der Waals surface area (Å²) >= 11 is 0. The third-order valence-corrected chi connectivity index (χ3v) is 5.81. The number of benzene rings is 1. The van der Waals surface area contributed by atoms with E-state index >= 15 is 0 Å². The summed E-state index contributed by atoms with van der Waals surface area (Å²) in [6.45, 7) is 2.09. The number of carboxylic acids is 1. The van der Waals surface area contributed by atoms with Crippen molar-refractivity contribution in [1.82, 2.24) is 15.3 Å². The van der Waals surface area contributed by atoms with Crippen LogP contribution < -0.4 is 10.2 Å². The molecule has 1 aliphatic heterocycles. The van der Waals surface area contributed by atoms with Crippen LogP contribution in [0.25, 0.3) is 0 Å². The molecule has 1 saturated heterocycles. The summed E-state index contributed by atoms with van der Waals surface area (Å²) < 4.78 is 0. The zero-order chi connectivity index (χ0) is 19.5. The Kier molecular flexibility index (Phi) is 5.23. The van der Waals surface area contributed by atoms with Gasteiger partial charge in [-0.3, -0.25) is 4.79 Å². The number of aromatic nitrogens is 2. The molecule has 0 spiro atoms. The smallest absolute Gasteiger partial charge is 0.358 e. The zero-order valence-electron chi connectivity index (χ0n) is 15.7. The lowest BCUT2D eigenvalue weighted by molar-refractivity contribution is -0.122. The van der Waals surface area contributed by atoms with Crippen molar-refractivity contribution in [3.8, 4) is 0 Å². The molecule has 7 heteroatoms. The molecule has 0 radical (unpaired) electrons. The number of nitrogens with zero attached hydrogens (tertiary/aromatic N) is 3. The van der Waals surface area contributed by atoms with Crippen LogP contribution in [0.4, 0.5) is 5.82 Å². The molecule has 146 valence electrons. The predicted octanol–water partition coefficient (Wildman–Crippen LogP) is 2.24. The van der Waals surface area contributed by atoms with Crippen LogP contribution in [0.3, 0.4) is 0 Å². The number of piperidine rings is 1. The summed E-state index contributed by atoms with van der Waals surface area (Å²) in [4.78, 5) is 34.1. The van der Waals surface area contributed by atoms with Crippen molar-refractivity contribution in [2.24, 2.45) is 5.92 Å². The third kappa shape index (κ3) is 3.69. The Morgan fingerprint density at radius 1 is 1.11 bits per heavy atom. The highest BCUT2D eigenvalue weighted by Crippen LogP contribution is 2.33. The fraction of sp³-hybridized carbons (Fsp3) is 0.429. The molecular formula is C21H24N4O3. The number of carbonyl (C=O) groups is 2. The van der Waals surface area contributed by atoms with Crippen LogP contribution in [-0.2, 0) is 11.2 Å². The van der Waals surface area contributed by atoms with Crippen LogP contribution >= 0.6 is 0 Å². The zero-order valence-corrected chi connectivity index (χ0v) is 15.7. The van der Waals surface area contributed by atoms with E-state index in [1.165, 1.54) is 23.5 Å². The molecule has 28 heavy (non-hydrogen) atoms. The van der Waals surface area contributed by atoms with Gasteiger partial charge in [-0.05, 0) is 42.7 Å². The molecule has 2 aliphatic rings. The van der Waals surface area contributed by atoms with E-state index in [0.717, 1.165) is 25.7 Å². The van der Waals surface area contributed by atoms with Gasteiger partial charge in [0.25, 0.3) is 0 Å². The number of aromatic carboxylic acids is 1. The van der Waals surface area contributed by atoms with Crippen molar-refractivity contribution >= 4 is 17.7 Å². The Hall–Kier alpha value is -2.96. The number of carboxylic acid groups (broad SMARTS) is 1. The predicted molar refractivity (Wildman–Crippen MR) is 104 cm³/mol. The van der Waals surface area contributed by atoms with Gasteiger partial charge in [0, 0.05) is 32.0 Å². The number of nitrogens with one attached hydrogen (secondary N) is 1. The van der Waals surface area contributed by atoms with E-state index in [1.54, 1.807) is 0 Å². The maximum Gasteiger partial charge on any atom is 0.358 e. The van der Waals surface area contributed by atoms with Gasteiger partial charge in [-0.1, -0.05) is 24.3 Å². The number of hydrogen-bond donors (Lipinski definition) is 2. The summed E-state index contributed by atoms with van der Waals surface area (Å²) in [5.41, 5.74) is 2.45. The van der Waals surface area contributed by atoms with E-state index in [9.17, 15) is 14.7 Å². The fourth-order valence-corrected chi connectivity index (χ4v) is 4.26. The van der Waals surface area contributed by atoms with Crippen LogP contribution in [0, 0.1) is 5.92 Å². The first kappa shape index (κ1) is 18.4. The minimum absolute atomic E-state index is 0.00542. The highest BCUT2D eigenvalue weighted by Gasteiger charge is 2.29.